The Balaban J connectivity index is 2.10. The fourth-order valence-electron chi connectivity index (χ4n) is 2.06. The lowest BCUT2D eigenvalue weighted by molar-refractivity contribution is 0.0930. The van der Waals surface area contributed by atoms with Gasteiger partial charge in [0, 0.05) is 5.69 Å². The summed E-state index contributed by atoms with van der Waals surface area (Å²) in [6.07, 6.45) is -1.19. The minimum atomic E-state index is -1.93. The fourth-order valence-corrected chi connectivity index (χ4v) is 2.61. The third-order valence-corrected chi connectivity index (χ3v) is 4.26. The van der Waals surface area contributed by atoms with Gasteiger partial charge in [-0.15, -0.1) is 0 Å². The molecule has 0 saturated carbocycles. The lowest BCUT2D eigenvalue weighted by Gasteiger charge is -2.28. The first-order chi connectivity index (χ1) is 12.2. The average molecular weight is 435 g/mol. The van der Waals surface area contributed by atoms with Gasteiger partial charge >= 0.3 is 0 Å². The molecule has 1 atom stereocenters. The smallest absolute Gasteiger partial charge is 0.255 e. The van der Waals surface area contributed by atoms with E-state index in [-0.39, 0.29) is 10.7 Å². The molecule has 0 saturated heterocycles. The molecular weight excluding hydrogens is 420 g/mol. The van der Waals surface area contributed by atoms with Crippen LogP contribution in [0.1, 0.15) is 15.9 Å². The van der Waals surface area contributed by atoms with Crippen molar-refractivity contribution in [2.75, 3.05) is 5.32 Å². The molecular formula is C17H15Cl3FN3OS. The molecule has 2 aromatic carbocycles. The Morgan fingerprint density at radius 2 is 1.69 bits per heavy atom. The Labute approximate surface area is 171 Å². The van der Waals surface area contributed by atoms with E-state index < -0.39 is 21.7 Å². The van der Waals surface area contributed by atoms with Crippen LogP contribution in [0.3, 0.4) is 0 Å². The van der Waals surface area contributed by atoms with E-state index in [1.54, 1.807) is 0 Å². The normalized spacial score (nSPS) is 12.2. The highest BCUT2D eigenvalue weighted by molar-refractivity contribution is 7.80. The van der Waals surface area contributed by atoms with E-state index in [2.05, 4.69) is 16.0 Å². The number of carbonyl (C=O) groups excluding carboxylic acids is 1. The van der Waals surface area contributed by atoms with Crippen molar-refractivity contribution in [1.82, 2.24) is 10.6 Å². The average Bonchev–Trinajstić information content (AvgIpc) is 2.56. The molecule has 1 unspecified atom stereocenters. The molecule has 4 nitrogen and oxygen atoms in total. The third kappa shape index (κ3) is 5.71. The van der Waals surface area contributed by atoms with Crippen LogP contribution in [0, 0.1) is 12.7 Å². The Morgan fingerprint density at radius 3 is 2.31 bits per heavy atom. The molecule has 0 bridgehead atoms. The Kier molecular flexibility index (Phi) is 7.06. The SMILES string of the molecule is Cc1ccccc1NC(=S)NC(NC(=O)c1ccccc1F)C(Cl)(Cl)Cl. The molecule has 138 valence electrons. The zero-order valence-electron chi connectivity index (χ0n) is 13.5. The van der Waals surface area contributed by atoms with Crippen LogP contribution in [0.2, 0.25) is 0 Å². The van der Waals surface area contributed by atoms with Gasteiger partial charge in [-0.05, 0) is 42.9 Å². The van der Waals surface area contributed by atoms with E-state index in [0.717, 1.165) is 17.3 Å². The molecule has 0 aliphatic rings. The van der Waals surface area contributed by atoms with E-state index >= 15 is 0 Å². The Hall–Kier alpha value is -1.60. The summed E-state index contributed by atoms with van der Waals surface area (Å²) in [5, 5.41) is 8.24. The predicted octanol–water partition coefficient (Wildman–Crippen LogP) is 4.55. The number of thiocarbonyl (C=S) groups is 1. The maximum absolute atomic E-state index is 13.8. The summed E-state index contributed by atoms with van der Waals surface area (Å²) in [5.74, 6) is -1.43. The third-order valence-electron chi connectivity index (χ3n) is 3.39. The Morgan fingerprint density at radius 1 is 1.08 bits per heavy atom. The van der Waals surface area contributed by atoms with Gasteiger partial charge in [0.1, 0.15) is 12.0 Å². The van der Waals surface area contributed by atoms with Gasteiger partial charge in [0.05, 0.1) is 5.56 Å². The van der Waals surface area contributed by atoms with Crippen LogP contribution in [0.15, 0.2) is 48.5 Å². The zero-order chi connectivity index (χ0) is 19.3. The number of nitrogens with one attached hydrogen (secondary N) is 3. The molecule has 0 aliphatic carbocycles. The van der Waals surface area contributed by atoms with Crippen LogP contribution in [-0.2, 0) is 0 Å². The van der Waals surface area contributed by atoms with Crippen molar-refractivity contribution >= 4 is 63.7 Å². The van der Waals surface area contributed by atoms with Gasteiger partial charge < -0.3 is 16.0 Å². The van der Waals surface area contributed by atoms with Crippen LogP contribution in [-0.4, -0.2) is 21.0 Å². The van der Waals surface area contributed by atoms with Gasteiger partial charge in [-0.2, -0.15) is 0 Å². The molecule has 0 aromatic heterocycles. The van der Waals surface area contributed by atoms with Gasteiger partial charge in [-0.25, -0.2) is 4.39 Å². The van der Waals surface area contributed by atoms with Gasteiger partial charge in [0.25, 0.3) is 5.91 Å². The highest BCUT2D eigenvalue weighted by Gasteiger charge is 2.35. The Bertz CT molecular complexity index is 814. The van der Waals surface area contributed by atoms with Crippen LogP contribution in [0.5, 0.6) is 0 Å². The van der Waals surface area contributed by atoms with E-state index in [1.165, 1.54) is 18.2 Å². The molecule has 2 rings (SSSR count). The van der Waals surface area contributed by atoms with E-state index in [0.29, 0.717) is 0 Å². The second kappa shape index (κ2) is 8.86. The van der Waals surface area contributed by atoms with Crippen LogP contribution in [0.25, 0.3) is 0 Å². The number of hydrogen-bond donors (Lipinski definition) is 3. The van der Waals surface area contributed by atoms with Crippen molar-refractivity contribution in [2.24, 2.45) is 0 Å². The minimum Gasteiger partial charge on any atom is -0.339 e. The van der Waals surface area contributed by atoms with Crippen LogP contribution < -0.4 is 16.0 Å². The molecule has 0 aliphatic heterocycles. The standard InChI is InChI=1S/C17H15Cl3FN3OS/c1-10-6-2-5-9-13(10)22-16(26)24-15(17(18,19)20)23-14(25)11-7-3-4-8-12(11)21/h2-9,15H,1H3,(H,23,25)(H2,22,24,26). The van der Waals surface area contributed by atoms with Crippen molar-refractivity contribution in [1.29, 1.82) is 0 Å². The number of carbonyl (C=O) groups is 1. The molecule has 26 heavy (non-hydrogen) atoms. The summed E-state index contributed by atoms with van der Waals surface area (Å²) in [4.78, 5) is 12.3. The maximum atomic E-state index is 13.8. The number of amides is 1. The van der Waals surface area contributed by atoms with Crippen molar-refractivity contribution in [3.8, 4) is 0 Å². The van der Waals surface area contributed by atoms with Gasteiger partial charge in [-0.1, -0.05) is 65.1 Å². The van der Waals surface area contributed by atoms with Crippen molar-refractivity contribution in [3.63, 3.8) is 0 Å². The van der Waals surface area contributed by atoms with Crippen molar-refractivity contribution < 1.29 is 9.18 Å². The zero-order valence-corrected chi connectivity index (χ0v) is 16.6. The van der Waals surface area contributed by atoms with Gasteiger partial charge in [-0.3, -0.25) is 4.79 Å². The molecule has 1 amide bonds. The number of anilines is 1. The molecule has 0 heterocycles. The number of para-hydroxylation sites is 1. The quantitative estimate of drug-likeness (QED) is 0.375. The lowest BCUT2D eigenvalue weighted by Crippen LogP contribution is -2.56. The van der Waals surface area contributed by atoms with Crippen LogP contribution >= 0.6 is 47.0 Å². The first-order valence-corrected chi connectivity index (χ1v) is 8.98. The van der Waals surface area contributed by atoms with E-state index in [1.807, 2.05) is 31.2 Å². The number of alkyl halides is 3. The number of hydrogen-bond acceptors (Lipinski definition) is 2. The summed E-state index contributed by atoms with van der Waals surface area (Å²) in [7, 11) is 0. The number of rotatable bonds is 4. The summed E-state index contributed by atoms with van der Waals surface area (Å²) in [6.45, 7) is 1.90. The molecule has 9 heteroatoms. The summed E-state index contributed by atoms with van der Waals surface area (Å²) in [6, 6.07) is 12.9. The molecule has 3 N–H and O–H groups in total. The van der Waals surface area contributed by atoms with Crippen LogP contribution in [0.4, 0.5) is 10.1 Å². The molecule has 2 aromatic rings. The predicted molar refractivity (Wildman–Crippen MR) is 108 cm³/mol. The maximum Gasteiger partial charge on any atom is 0.255 e. The summed E-state index contributed by atoms with van der Waals surface area (Å²) >= 11 is 23.0. The monoisotopic (exact) mass is 433 g/mol. The van der Waals surface area contributed by atoms with E-state index in [4.69, 9.17) is 47.0 Å². The fraction of sp³-hybridized carbons (Fsp3) is 0.176. The molecule has 0 fully saturated rings. The molecule has 0 radical (unpaired) electrons. The second-order valence-electron chi connectivity index (χ2n) is 5.34. The highest BCUT2D eigenvalue weighted by atomic mass is 35.6. The largest absolute Gasteiger partial charge is 0.339 e. The first-order valence-electron chi connectivity index (χ1n) is 7.43. The van der Waals surface area contributed by atoms with Gasteiger partial charge in [0.15, 0.2) is 5.11 Å². The van der Waals surface area contributed by atoms with Crippen molar-refractivity contribution in [2.45, 2.75) is 16.9 Å². The molecule has 0 spiro atoms. The number of halogens is 4. The first kappa shape index (κ1) is 20.7. The topological polar surface area (TPSA) is 53.2 Å². The highest BCUT2D eigenvalue weighted by Crippen LogP contribution is 2.29. The van der Waals surface area contributed by atoms with Gasteiger partial charge in [0.2, 0.25) is 3.79 Å². The minimum absolute atomic E-state index is 0.129. The number of benzene rings is 2. The van der Waals surface area contributed by atoms with Crippen molar-refractivity contribution in [3.05, 3.63) is 65.5 Å². The lowest BCUT2D eigenvalue weighted by atomic mass is 10.2. The van der Waals surface area contributed by atoms with E-state index in [9.17, 15) is 9.18 Å². The number of aryl methyl sites for hydroxylation is 1. The summed E-state index contributed by atoms with van der Waals surface area (Å²) in [5.41, 5.74) is 1.54. The summed E-state index contributed by atoms with van der Waals surface area (Å²) < 4.78 is 11.8. The second-order valence-corrected chi connectivity index (χ2v) is 8.12.